The second kappa shape index (κ2) is 6.15. The number of carbonyl (C=O) groups excluding carboxylic acids is 1. The highest BCUT2D eigenvalue weighted by atomic mass is 79.9. The number of para-hydroxylation sites is 2. The molecule has 1 amide bonds. The molecule has 0 aliphatic rings. The molecular weight excluding hydrogens is 308 g/mol. The molecule has 0 unspecified atom stereocenters. The Bertz CT molecular complexity index is 599. The van der Waals surface area contributed by atoms with Crippen LogP contribution >= 0.6 is 15.9 Å². The van der Waals surface area contributed by atoms with Crippen LogP contribution in [0, 0.1) is 0 Å². The number of hydrogen-bond acceptors (Lipinski definition) is 3. The Hall–Kier alpha value is -2.14. The van der Waals surface area contributed by atoms with Gasteiger partial charge in [0, 0.05) is 10.2 Å². The molecule has 4 nitrogen and oxygen atoms in total. The van der Waals surface area contributed by atoms with E-state index >= 15 is 0 Å². The highest BCUT2D eigenvalue weighted by Gasteiger charge is 2.18. The van der Waals surface area contributed by atoms with E-state index in [4.69, 9.17) is 5.21 Å². The van der Waals surface area contributed by atoms with Crippen LogP contribution in [0.1, 0.15) is 0 Å². The summed E-state index contributed by atoms with van der Waals surface area (Å²) in [5, 5.41) is 11.4. The molecule has 0 spiro atoms. The molecule has 19 heavy (non-hydrogen) atoms. The Morgan fingerprint density at radius 3 is 2.37 bits per heavy atom. The van der Waals surface area contributed by atoms with Gasteiger partial charge in [-0.3, -0.25) is 9.69 Å². The summed E-state index contributed by atoms with van der Waals surface area (Å²) in [5.74, 6) is -0.430. The maximum atomic E-state index is 12.1. The Labute approximate surface area is 119 Å². The fourth-order valence-corrected chi connectivity index (χ4v) is 2.16. The summed E-state index contributed by atoms with van der Waals surface area (Å²) in [7, 11) is 0. The van der Waals surface area contributed by atoms with Crippen LogP contribution in [0.4, 0.5) is 11.4 Å². The Morgan fingerprint density at radius 1 is 1.11 bits per heavy atom. The molecule has 1 N–H and O–H groups in total. The minimum absolute atomic E-state index is 0.430. The van der Waals surface area contributed by atoms with Crippen molar-refractivity contribution in [2.75, 3.05) is 4.90 Å². The zero-order valence-electron chi connectivity index (χ0n) is 9.90. The molecule has 2 aromatic rings. The molecule has 0 aromatic heterocycles. The smallest absolute Gasteiger partial charge is 0.277 e. The molecular formula is C14H11BrN2O2. The third-order valence-electron chi connectivity index (χ3n) is 2.50. The van der Waals surface area contributed by atoms with E-state index in [0.29, 0.717) is 11.4 Å². The molecule has 2 rings (SSSR count). The number of hydrogen-bond donors (Lipinski definition) is 1. The summed E-state index contributed by atoms with van der Waals surface area (Å²) in [4.78, 5) is 13.6. The van der Waals surface area contributed by atoms with Crippen LogP contribution < -0.4 is 4.90 Å². The summed E-state index contributed by atoms with van der Waals surface area (Å²) in [6, 6.07) is 16.5. The van der Waals surface area contributed by atoms with Gasteiger partial charge in [-0.1, -0.05) is 35.5 Å². The first-order chi connectivity index (χ1) is 9.24. The Morgan fingerprint density at radius 2 is 1.74 bits per heavy atom. The molecule has 2 aromatic carbocycles. The fourth-order valence-electron chi connectivity index (χ4n) is 1.70. The normalized spacial score (nSPS) is 10.6. The second-order valence-corrected chi connectivity index (χ2v) is 4.56. The van der Waals surface area contributed by atoms with Crippen LogP contribution in [0.2, 0.25) is 0 Å². The molecule has 0 fully saturated rings. The first-order valence-electron chi connectivity index (χ1n) is 5.55. The van der Waals surface area contributed by atoms with Crippen molar-refractivity contribution in [3.8, 4) is 0 Å². The fraction of sp³-hybridized carbons (Fsp3) is 0. The van der Waals surface area contributed by atoms with Crippen molar-refractivity contribution in [1.29, 1.82) is 0 Å². The van der Waals surface area contributed by atoms with Crippen molar-refractivity contribution in [2.45, 2.75) is 0 Å². The molecule has 0 atom stereocenters. The van der Waals surface area contributed by atoms with Gasteiger partial charge in [-0.2, -0.15) is 0 Å². The lowest BCUT2D eigenvalue weighted by Crippen LogP contribution is -2.27. The van der Waals surface area contributed by atoms with Crippen LogP contribution in [0.25, 0.3) is 0 Å². The molecule has 5 heteroatoms. The van der Waals surface area contributed by atoms with Gasteiger partial charge in [-0.05, 0) is 40.2 Å². The Kier molecular flexibility index (Phi) is 4.30. The van der Waals surface area contributed by atoms with Crippen LogP contribution in [0.15, 0.2) is 64.2 Å². The van der Waals surface area contributed by atoms with Crippen molar-refractivity contribution in [3.63, 3.8) is 0 Å². The largest absolute Gasteiger partial charge is 0.411 e. The number of amides is 1. The number of halogens is 1. The first-order valence-corrected chi connectivity index (χ1v) is 6.34. The third-order valence-corrected chi connectivity index (χ3v) is 3.17. The summed E-state index contributed by atoms with van der Waals surface area (Å²) in [5.41, 5.74) is 1.37. The minimum Gasteiger partial charge on any atom is -0.411 e. The minimum atomic E-state index is -0.430. The summed E-state index contributed by atoms with van der Waals surface area (Å²) in [6.07, 6.45) is 0.867. The highest BCUT2D eigenvalue weighted by Crippen LogP contribution is 2.31. The first kappa shape index (κ1) is 13.3. The van der Waals surface area contributed by atoms with Crippen molar-refractivity contribution in [3.05, 3.63) is 59.1 Å². The maximum Gasteiger partial charge on any atom is 0.277 e. The lowest BCUT2D eigenvalue weighted by Gasteiger charge is -2.22. The SMILES string of the molecule is O=C(/C=N\O)N(c1ccccc1)c1ccccc1Br. The predicted molar refractivity (Wildman–Crippen MR) is 78.0 cm³/mol. The molecule has 0 aliphatic carbocycles. The Balaban J connectivity index is 2.53. The van der Waals surface area contributed by atoms with Crippen LogP contribution in [0.5, 0.6) is 0 Å². The van der Waals surface area contributed by atoms with E-state index in [9.17, 15) is 4.79 Å². The monoisotopic (exact) mass is 318 g/mol. The van der Waals surface area contributed by atoms with Crippen molar-refractivity contribution in [1.82, 2.24) is 0 Å². The van der Waals surface area contributed by atoms with Crippen LogP contribution in [-0.4, -0.2) is 17.3 Å². The number of oxime groups is 1. The average molecular weight is 319 g/mol. The number of nitrogens with zero attached hydrogens (tertiary/aromatic N) is 2. The highest BCUT2D eigenvalue weighted by molar-refractivity contribution is 9.10. The predicted octanol–water partition coefficient (Wildman–Crippen LogP) is 3.57. The van der Waals surface area contributed by atoms with Crippen LogP contribution in [-0.2, 0) is 4.79 Å². The molecule has 0 saturated heterocycles. The second-order valence-electron chi connectivity index (χ2n) is 3.71. The number of benzene rings is 2. The van der Waals surface area contributed by atoms with Crippen molar-refractivity contribution >= 4 is 39.4 Å². The van der Waals surface area contributed by atoms with Gasteiger partial charge in [0.1, 0.15) is 6.21 Å². The van der Waals surface area contributed by atoms with E-state index in [1.54, 1.807) is 6.07 Å². The van der Waals surface area contributed by atoms with Gasteiger partial charge < -0.3 is 5.21 Å². The van der Waals surface area contributed by atoms with Gasteiger partial charge in [0.05, 0.1) is 5.69 Å². The van der Waals surface area contributed by atoms with Crippen molar-refractivity contribution < 1.29 is 10.0 Å². The number of rotatable bonds is 3. The lowest BCUT2D eigenvalue weighted by molar-refractivity contribution is -0.111. The molecule has 0 saturated carbocycles. The topological polar surface area (TPSA) is 52.9 Å². The molecule has 96 valence electrons. The van der Waals surface area contributed by atoms with Crippen LogP contribution in [0.3, 0.4) is 0 Å². The van der Waals surface area contributed by atoms with Gasteiger partial charge >= 0.3 is 0 Å². The molecule has 0 aliphatic heterocycles. The lowest BCUT2D eigenvalue weighted by atomic mass is 10.2. The van der Waals surface area contributed by atoms with Gasteiger partial charge in [0.15, 0.2) is 0 Å². The van der Waals surface area contributed by atoms with E-state index in [0.717, 1.165) is 10.7 Å². The summed E-state index contributed by atoms with van der Waals surface area (Å²) in [6.45, 7) is 0. The van der Waals surface area contributed by atoms with E-state index in [2.05, 4.69) is 21.1 Å². The third kappa shape index (κ3) is 3.00. The standard InChI is InChI=1S/C14H11BrN2O2/c15-12-8-4-5-9-13(12)17(14(18)10-16-19)11-6-2-1-3-7-11/h1-10,19H/b16-10-. The zero-order chi connectivity index (χ0) is 13.7. The number of anilines is 2. The summed E-state index contributed by atoms with van der Waals surface area (Å²) >= 11 is 3.41. The molecule has 0 bridgehead atoms. The quantitative estimate of drug-likeness (QED) is 0.534. The van der Waals surface area contributed by atoms with Gasteiger partial charge in [-0.25, -0.2) is 0 Å². The maximum absolute atomic E-state index is 12.1. The van der Waals surface area contributed by atoms with Gasteiger partial charge in [-0.15, -0.1) is 0 Å². The van der Waals surface area contributed by atoms with E-state index < -0.39 is 5.91 Å². The van der Waals surface area contributed by atoms with E-state index in [1.807, 2.05) is 48.5 Å². The van der Waals surface area contributed by atoms with Crippen molar-refractivity contribution in [2.24, 2.45) is 5.16 Å². The number of carbonyl (C=O) groups is 1. The average Bonchev–Trinajstić information content (AvgIpc) is 2.43. The molecule has 0 radical (unpaired) electrons. The zero-order valence-corrected chi connectivity index (χ0v) is 11.5. The van der Waals surface area contributed by atoms with E-state index in [1.165, 1.54) is 4.90 Å². The van der Waals surface area contributed by atoms with E-state index in [-0.39, 0.29) is 0 Å². The molecule has 0 heterocycles. The summed E-state index contributed by atoms with van der Waals surface area (Å²) < 4.78 is 0.776. The van der Waals surface area contributed by atoms with Gasteiger partial charge in [0.25, 0.3) is 5.91 Å². The van der Waals surface area contributed by atoms with Gasteiger partial charge in [0.2, 0.25) is 0 Å².